The monoisotopic (exact) mass is 354 g/mol. The molecule has 0 radical (unpaired) electrons. The van der Waals surface area contributed by atoms with Gasteiger partial charge in [0.25, 0.3) is 5.95 Å². The molecule has 0 spiro atoms. The van der Waals surface area contributed by atoms with Crippen LogP contribution >= 0.6 is 0 Å². The molecular weight excluding hydrogens is 336 g/mol. The largest absolute Gasteiger partial charge is 0.497 e. The van der Waals surface area contributed by atoms with Crippen LogP contribution in [0.4, 0.5) is 0 Å². The van der Waals surface area contributed by atoms with Crippen molar-refractivity contribution in [3.05, 3.63) is 59.0 Å². The molecule has 3 rings (SSSR count). The van der Waals surface area contributed by atoms with Gasteiger partial charge in [0.05, 0.1) is 7.11 Å². The predicted molar refractivity (Wildman–Crippen MR) is 92.9 cm³/mol. The van der Waals surface area contributed by atoms with Gasteiger partial charge in [0, 0.05) is 17.5 Å². The Labute approximate surface area is 150 Å². The highest BCUT2D eigenvalue weighted by molar-refractivity contribution is 5.85. The van der Waals surface area contributed by atoms with Gasteiger partial charge in [-0.2, -0.15) is 10.1 Å². The van der Waals surface area contributed by atoms with Crippen LogP contribution in [0.25, 0.3) is 5.95 Å². The number of carbonyl (C=O) groups is 1. The summed E-state index contributed by atoms with van der Waals surface area (Å²) in [6, 6.07) is 10.7. The van der Waals surface area contributed by atoms with Crippen LogP contribution in [0.3, 0.4) is 0 Å². The molecule has 0 aliphatic carbocycles. The molecule has 0 atom stereocenters. The van der Waals surface area contributed by atoms with E-state index in [1.165, 1.54) is 10.7 Å². The van der Waals surface area contributed by atoms with E-state index in [2.05, 4.69) is 15.1 Å². The van der Waals surface area contributed by atoms with Crippen molar-refractivity contribution in [1.82, 2.24) is 19.7 Å². The number of rotatable bonds is 6. The maximum Gasteiger partial charge on any atom is 0.356 e. The molecule has 0 unspecified atom stereocenters. The number of carboxylic acids is 1. The van der Waals surface area contributed by atoms with Crippen molar-refractivity contribution in [1.29, 1.82) is 0 Å². The molecule has 2 heterocycles. The molecule has 0 fully saturated rings. The molecule has 2 aromatic heterocycles. The van der Waals surface area contributed by atoms with Gasteiger partial charge in [0.15, 0.2) is 5.69 Å². The van der Waals surface area contributed by atoms with Crippen LogP contribution in [-0.2, 0) is 6.61 Å². The number of aryl methyl sites for hydroxylation is 2. The first-order chi connectivity index (χ1) is 12.5. The average Bonchev–Trinajstić information content (AvgIpc) is 3.02. The van der Waals surface area contributed by atoms with Crippen molar-refractivity contribution >= 4 is 5.97 Å². The number of nitrogens with zero attached hydrogens (tertiary/aromatic N) is 4. The van der Waals surface area contributed by atoms with Crippen molar-refractivity contribution in [2.24, 2.45) is 0 Å². The average molecular weight is 354 g/mol. The van der Waals surface area contributed by atoms with Gasteiger partial charge in [0.2, 0.25) is 5.88 Å². The molecule has 8 nitrogen and oxygen atoms in total. The number of methoxy groups -OCH3 is 1. The summed E-state index contributed by atoms with van der Waals surface area (Å²) in [5.41, 5.74) is 2.21. The zero-order chi connectivity index (χ0) is 18.7. The quantitative estimate of drug-likeness (QED) is 0.726. The van der Waals surface area contributed by atoms with Gasteiger partial charge in [-0.3, -0.25) is 0 Å². The van der Waals surface area contributed by atoms with Crippen LogP contribution in [0.15, 0.2) is 36.4 Å². The van der Waals surface area contributed by atoms with Crippen LogP contribution in [0.2, 0.25) is 0 Å². The lowest BCUT2D eigenvalue weighted by atomic mass is 10.2. The SMILES string of the molecule is COc1ccc(COc2cc(C)nc(-n3nc(C(=O)O)cc3C)n2)cc1. The van der Waals surface area contributed by atoms with Gasteiger partial charge in [-0.25, -0.2) is 14.5 Å². The molecule has 0 amide bonds. The number of carboxylic acid groups (broad SMARTS) is 1. The second kappa shape index (κ2) is 7.22. The fraction of sp³-hybridized carbons (Fsp3) is 0.222. The van der Waals surface area contributed by atoms with Crippen molar-refractivity contribution in [2.45, 2.75) is 20.5 Å². The van der Waals surface area contributed by atoms with Gasteiger partial charge in [-0.05, 0) is 37.6 Å². The van der Waals surface area contributed by atoms with E-state index in [0.717, 1.165) is 11.3 Å². The fourth-order valence-electron chi connectivity index (χ4n) is 2.35. The molecule has 8 heteroatoms. The van der Waals surface area contributed by atoms with Crippen LogP contribution in [-0.4, -0.2) is 37.9 Å². The third-order valence-electron chi connectivity index (χ3n) is 3.66. The van der Waals surface area contributed by atoms with E-state index in [1.807, 2.05) is 31.2 Å². The number of ether oxygens (including phenoxy) is 2. The van der Waals surface area contributed by atoms with E-state index in [-0.39, 0.29) is 11.6 Å². The normalized spacial score (nSPS) is 10.6. The number of aromatic carboxylic acids is 1. The number of hydrogen-bond donors (Lipinski definition) is 1. The van der Waals surface area contributed by atoms with Crippen LogP contribution in [0, 0.1) is 13.8 Å². The smallest absolute Gasteiger partial charge is 0.356 e. The summed E-state index contributed by atoms with van der Waals surface area (Å²) in [7, 11) is 1.61. The lowest BCUT2D eigenvalue weighted by molar-refractivity contribution is 0.0690. The van der Waals surface area contributed by atoms with Crippen LogP contribution in [0.1, 0.15) is 27.4 Å². The molecule has 0 aliphatic rings. The fourth-order valence-corrected chi connectivity index (χ4v) is 2.35. The highest BCUT2D eigenvalue weighted by atomic mass is 16.5. The Morgan fingerprint density at radius 3 is 2.50 bits per heavy atom. The van der Waals surface area contributed by atoms with Crippen LogP contribution in [0.5, 0.6) is 11.6 Å². The summed E-state index contributed by atoms with van der Waals surface area (Å²) < 4.78 is 12.3. The Morgan fingerprint density at radius 1 is 1.15 bits per heavy atom. The molecule has 0 bridgehead atoms. The van der Waals surface area contributed by atoms with E-state index in [0.29, 0.717) is 23.9 Å². The third-order valence-corrected chi connectivity index (χ3v) is 3.66. The van der Waals surface area contributed by atoms with E-state index in [4.69, 9.17) is 14.6 Å². The second-order valence-electron chi connectivity index (χ2n) is 5.67. The van der Waals surface area contributed by atoms with Crippen molar-refractivity contribution in [2.75, 3.05) is 7.11 Å². The zero-order valence-electron chi connectivity index (χ0n) is 14.6. The van der Waals surface area contributed by atoms with Gasteiger partial charge in [-0.15, -0.1) is 0 Å². The third kappa shape index (κ3) is 3.80. The molecule has 0 saturated carbocycles. The summed E-state index contributed by atoms with van der Waals surface area (Å²) in [5.74, 6) is 0.322. The summed E-state index contributed by atoms with van der Waals surface area (Å²) in [6.45, 7) is 3.88. The number of benzene rings is 1. The maximum atomic E-state index is 11.1. The van der Waals surface area contributed by atoms with Gasteiger partial charge < -0.3 is 14.6 Å². The first-order valence-electron chi connectivity index (χ1n) is 7.88. The van der Waals surface area contributed by atoms with Crippen molar-refractivity contribution in [3.8, 4) is 17.6 Å². The topological polar surface area (TPSA) is 99.4 Å². The molecular formula is C18H18N4O4. The first kappa shape index (κ1) is 17.4. The Bertz CT molecular complexity index is 935. The Balaban J connectivity index is 1.82. The minimum absolute atomic E-state index is 0.0618. The Kier molecular flexibility index (Phi) is 4.83. The molecule has 0 aliphatic heterocycles. The number of aromatic nitrogens is 4. The summed E-state index contributed by atoms with van der Waals surface area (Å²) in [5, 5.41) is 13.1. The van der Waals surface area contributed by atoms with E-state index in [1.54, 1.807) is 20.1 Å². The Morgan fingerprint density at radius 2 is 1.88 bits per heavy atom. The molecule has 26 heavy (non-hydrogen) atoms. The van der Waals surface area contributed by atoms with Gasteiger partial charge in [0.1, 0.15) is 12.4 Å². The molecule has 1 aromatic carbocycles. The minimum atomic E-state index is -1.10. The van der Waals surface area contributed by atoms with Gasteiger partial charge >= 0.3 is 5.97 Å². The molecule has 3 aromatic rings. The van der Waals surface area contributed by atoms with E-state index < -0.39 is 5.97 Å². The highest BCUT2D eigenvalue weighted by Gasteiger charge is 2.14. The Hall–Kier alpha value is -3.42. The van der Waals surface area contributed by atoms with Crippen molar-refractivity contribution < 1.29 is 19.4 Å². The molecule has 1 N–H and O–H groups in total. The lowest BCUT2D eigenvalue weighted by Gasteiger charge is -2.09. The number of hydrogen-bond acceptors (Lipinski definition) is 6. The second-order valence-corrected chi connectivity index (χ2v) is 5.67. The lowest BCUT2D eigenvalue weighted by Crippen LogP contribution is -2.09. The highest BCUT2D eigenvalue weighted by Crippen LogP contribution is 2.17. The molecule has 0 saturated heterocycles. The summed E-state index contributed by atoms with van der Waals surface area (Å²) in [4.78, 5) is 19.7. The van der Waals surface area contributed by atoms with Crippen LogP contribution < -0.4 is 9.47 Å². The zero-order valence-corrected chi connectivity index (χ0v) is 14.6. The minimum Gasteiger partial charge on any atom is -0.497 e. The van der Waals surface area contributed by atoms with Gasteiger partial charge in [-0.1, -0.05) is 12.1 Å². The summed E-state index contributed by atoms with van der Waals surface area (Å²) >= 11 is 0. The maximum absolute atomic E-state index is 11.1. The van der Waals surface area contributed by atoms with E-state index >= 15 is 0 Å². The first-order valence-corrected chi connectivity index (χ1v) is 7.88. The van der Waals surface area contributed by atoms with E-state index in [9.17, 15) is 4.79 Å². The molecule has 134 valence electrons. The summed E-state index contributed by atoms with van der Waals surface area (Å²) in [6.07, 6.45) is 0. The standard InChI is InChI=1S/C18H18N4O4/c1-11-8-16(26-10-13-4-6-14(25-3)7-5-13)20-18(19-11)22-12(2)9-15(21-22)17(23)24/h4-9H,10H2,1-3H3,(H,23,24). The predicted octanol–water partition coefficient (Wildman–Crippen LogP) is 2.56. The van der Waals surface area contributed by atoms with Crippen molar-refractivity contribution in [3.63, 3.8) is 0 Å².